The van der Waals surface area contributed by atoms with Crippen LogP contribution in [0.3, 0.4) is 0 Å². The van der Waals surface area contributed by atoms with E-state index in [0.29, 0.717) is 5.02 Å². The van der Waals surface area contributed by atoms with E-state index in [9.17, 15) is 9.90 Å². The van der Waals surface area contributed by atoms with Gasteiger partial charge in [0.2, 0.25) is 0 Å². The number of carboxylic acid groups (broad SMARTS) is 1. The maximum Gasteiger partial charge on any atom is 0.355 e. The Kier molecular flexibility index (Phi) is 2.93. The summed E-state index contributed by atoms with van der Waals surface area (Å²) in [5.74, 6) is -1.17. The van der Waals surface area contributed by atoms with Gasteiger partial charge in [-0.3, -0.25) is 0 Å². The van der Waals surface area contributed by atoms with Crippen LogP contribution in [0, 0.1) is 5.41 Å². The lowest BCUT2D eigenvalue weighted by Gasteiger charge is -2.29. The molecule has 1 saturated heterocycles. The summed E-state index contributed by atoms with van der Waals surface area (Å²) in [6, 6.07) is 6.90. The van der Waals surface area contributed by atoms with Crippen LogP contribution in [0.1, 0.15) is 26.3 Å². The van der Waals surface area contributed by atoms with Crippen LogP contribution in [0.15, 0.2) is 24.3 Å². The molecule has 0 bridgehead atoms. The molecule has 0 amide bonds. The number of carbonyl (C=O) groups is 1. The van der Waals surface area contributed by atoms with Crippen molar-refractivity contribution in [3.05, 3.63) is 34.9 Å². The number of hydrogen-bond acceptors (Lipinski definition) is 2. The van der Waals surface area contributed by atoms with Crippen molar-refractivity contribution in [1.82, 2.24) is 0 Å². The van der Waals surface area contributed by atoms with E-state index in [1.807, 2.05) is 20.8 Å². The summed E-state index contributed by atoms with van der Waals surface area (Å²) >= 11 is 11.9. The highest BCUT2D eigenvalue weighted by Crippen LogP contribution is 2.67. The van der Waals surface area contributed by atoms with Crippen molar-refractivity contribution in [2.75, 3.05) is 0 Å². The standard InChI is InChI=1S/C13H14Cl2O3/c1-11(2,3)12(13(15,18-12)10(16)17)8-4-6-9(14)7-5-8/h4-7H,1-3H3,(H,16,17). The summed E-state index contributed by atoms with van der Waals surface area (Å²) in [7, 11) is 0. The largest absolute Gasteiger partial charge is 0.478 e. The SMILES string of the molecule is CC(C)(C)C1(c2ccc(Cl)cc2)OC1(Cl)C(=O)O. The van der Waals surface area contributed by atoms with Crippen molar-refractivity contribution in [2.45, 2.75) is 31.4 Å². The maximum absolute atomic E-state index is 11.3. The molecular weight excluding hydrogens is 275 g/mol. The number of alkyl halides is 1. The lowest BCUT2D eigenvalue weighted by molar-refractivity contribution is -0.140. The average Bonchev–Trinajstić information content (AvgIpc) is 2.89. The Morgan fingerprint density at radius 3 is 2.11 bits per heavy atom. The van der Waals surface area contributed by atoms with Gasteiger partial charge in [-0.05, 0) is 17.7 Å². The molecule has 2 rings (SSSR count). The Labute approximate surface area is 116 Å². The third-order valence-electron chi connectivity index (χ3n) is 3.29. The molecule has 2 unspecified atom stereocenters. The first kappa shape index (κ1) is 13.7. The van der Waals surface area contributed by atoms with Crippen molar-refractivity contribution >= 4 is 29.2 Å². The van der Waals surface area contributed by atoms with Gasteiger partial charge in [0, 0.05) is 10.4 Å². The molecule has 0 spiro atoms. The minimum atomic E-state index is -1.71. The van der Waals surface area contributed by atoms with Crippen molar-refractivity contribution in [2.24, 2.45) is 5.41 Å². The highest BCUT2D eigenvalue weighted by Gasteiger charge is 2.80. The predicted octanol–water partition coefficient (Wildman–Crippen LogP) is 3.63. The molecule has 3 nitrogen and oxygen atoms in total. The van der Waals surface area contributed by atoms with Gasteiger partial charge in [0.25, 0.3) is 5.06 Å². The zero-order chi connectivity index (χ0) is 13.8. The summed E-state index contributed by atoms with van der Waals surface area (Å²) in [5, 5.41) is 8.12. The third kappa shape index (κ3) is 1.65. The van der Waals surface area contributed by atoms with Crippen LogP contribution in [0.2, 0.25) is 5.02 Å². The van der Waals surface area contributed by atoms with Crippen molar-refractivity contribution in [3.63, 3.8) is 0 Å². The first-order chi connectivity index (χ1) is 8.15. The van der Waals surface area contributed by atoms with Crippen LogP contribution < -0.4 is 0 Å². The lowest BCUT2D eigenvalue weighted by Crippen LogP contribution is -2.37. The summed E-state index contributed by atoms with van der Waals surface area (Å²) in [6.07, 6.45) is 0. The van der Waals surface area contributed by atoms with E-state index >= 15 is 0 Å². The Hall–Kier alpha value is -0.770. The predicted molar refractivity (Wildman–Crippen MR) is 69.9 cm³/mol. The molecule has 1 aliphatic heterocycles. The van der Waals surface area contributed by atoms with Gasteiger partial charge in [-0.25, -0.2) is 4.79 Å². The fourth-order valence-corrected chi connectivity index (χ4v) is 3.01. The zero-order valence-electron chi connectivity index (χ0n) is 10.3. The number of aliphatic carboxylic acids is 1. The second-order valence-corrected chi connectivity index (χ2v) is 6.41. The molecule has 0 aliphatic carbocycles. The van der Waals surface area contributed by atoms with Crippen molar-refractivity contribution < 1.29 is 14.6 Å². The van der Waals surface area contributed by atoms with E-state index in [2.05, 4.69) is 0 Å². The van der Waals surface area contributed by atoms with Crippen LogP contribution in [0.25, 0.3) is 0 Å². The topological polar surface area (TPSA) is 49.8 Å². The first-order valence-electron chi connectivity index (χ1n) is 5.54. The highest BCUT2D eigenvalue weighted by molar-refractivity contribution is 6.35. The van der Waals surface area contributed by atoms with Gasteiger partial charge in [0.15, 0.2) is 5.60 Å². The zero-order valence-corrected chi connectivity index (χ0v) is 11.8. The molecule has 18 heavy (non-hydrogen) atoms. The number of halogens is 2. The average molecular weight is 289 g/mol. The Balaban J connectivity index is 2.54. The smallest absolute Gasteiger partial charge is 0.355 e. The number of benzene rings is 1. The molecule has 1 heterocycles. The van der Waals surface area contributed by atoms with E-state index < -0.39 is 22.0 Å². The van der Waals surface area contributed by atoms with Crippen LogP contribution in [0.4, 0.5) is 0 Å². The van der Waals surface area contributed by atoms with E-state index in [4.69, 9.17) is 27.9 Å². The van der Waals surface area contributed by atoms with E-state index in [1.54, 1.807) is 24.3 Å². The number of ether oxygens (including phenoxy) is 1. The maximum atomic E-state index is 11.3. The molecule has 0 saturated carbocycles. The molecule has 0 radical (unpaired) electrons. The van der Waals surface area contributed by atoms with Gasteiger partial charge in [0.1, 0.15) is 0 Å². The molecule has 2 atom stereocenters. The third-order valence-corrected chi connectivity index (χ3v) is 4.04. The highest BCUT2D eigenvalue weighted by atomic mass is 35.5. The van der Waals surface area contributed by atoms with Crippen LogP contribution in [0.5, 0.6) is 0 Å². The minimum Gasteiger partial charge on any atom is -0.478 e. The lowest BCUT2D eigenvalue weighted by atomic mass is 9.73. The van der Waals surface area contributed by atoms with E-state index in [-0.39, 0.29) is 0 Å². The van der Waals surface area contributed by atoms with Crippen LogP contribution in [-0.4, -0.2) is 16.1 Å². The number of rotatable bonds is 2. The van der Waals surface area contributed by atoms with E-state index in [0.717, 1.165) is 5.56 Å². The van der Waals surface area contributed by atoms with Crippen molar-refractivity contribution in [1.29, 1.82) is 0 Å². The number of carboxylic acids is 1. The van der Waals surface area contributed by atoms with Gasteiger partial charge in [-0.15, -0.1) is 0 Å². The van der Waals surface area contributed by atoms with Gasteiger partial charge < -0.3 is 9.84 Å². The van der Waals surface area contributed by atoms with Gasteiger partial charge in [0.05, 0.1) is 0 Å². The molecule has 1 fully saturated rings. The fraction of sp³-hybridized carbons (Fsp3) is 0.462. The second-order valence-electron chi connectivity index (χ2n) is 5.44. The quantitative estimate of drug-likeness (QED) is 0.668. The molecule has 98 valence electrons. The van der Waals surface area contributed by atoms with E-state index in [1.165, 1.54) is 0 Å². The normalized spacial score (nSPS) is 31.2. The Morgan fingerprint density at radius 1 is 1.28 bits per heavy atom. The van der Waals surface area contributed by atoms with Gasteiger partial charge in [-0.2, -0.15) is 0 Å². The summed E-state index contributed by atoms with van der Waals surface area (Å²) in [5.41, 5.74) is -0.782. The molecular formula is C13H14Cl2O3. The Morgan fingerprint density at radius 2 is 1.78 bits per heavy atom. The Bertz CT molecular complexity index is 492. The van der Waals surface area contributed by atoms with Crippen LogP contribution in [-0.2, 0) is 15.1 Å². The number of hydrogen-bond donors (Lipinski definition) is 1. The molecule has 0 aromatic heterocycles. The number of epoxide rings is 1. The second kappa shape index (κ2) is 3.86. The summed E-state index contributed by atoms with van der Waals surface area (Å²) in [4.78, 5) is 11.3. The molecule has 1 aromatic carbocycles. The monoisotopic (exact) mass is 288 g/mol. The van der Waals surface area contributed by atoms with Gasteiger partial charge in [-0.1, -0.05) is 56.1 Å². The summed E-state index contributed by atoms with van der Waals surface area (Å²) in [6.45, 7) is 5.69. The first-order valence-corrected chi connectivity index (χ1v) is 6.29. The fourth-order valence-electron chi connectivity index (χ4n) is 2.38. The summed E-state index contributed by atoms with van der Waals surface area (Å²) < 4.78 is 5.47. The molecule has 1 aliphatic rings. The van der Waals surface area contributed by atoms with Gasteiger partial charge >= 0.3 is 5.97 Å². The minimum absolute atomic E-state index is 0.457. The van der Waals surface area contributed by atoms with Crippen molar-refractivity contribution in [3.8, 4) is 0 Å². The molecule has 5 heteroatoms. The molecule has 1 N–H and O–H groups in total. The molecule has 1 aromatic rings. The van der Waals surface area contributed by atoms with Crippen LogP contribution >= 0.6 is 23.2 Å².